The lowest BCUT2D eigenvalue weighted by molar-refractivity contribution is 1.34. The zero-order chi connectivity index (χ0) is 13.8. The highest BCUT2D eigenvalue weighted by molar-refractivity contribution is 6.69. The van der Waals surface area contributed by atoms with Gasteiger partial charge in [0.1, 0.15) is 0 Å². The van der Waals surface area contributed by atoms with E-state index in [4.69, 9.17) is 46.4 Å². The Bertz CT molecular complexity index is 588. The van der Waals surface area contributed by atoms with E-state index < -0.39 is 0 Å². The quantitative estimate of drug-likeness (QED) is 0.568. The van der Waals surface area contributed by atoms with E-state index in [-0.39, 0.29) is 0 Å². The van der Waals surface area contributed by atoms with Gasteiger partial charge in [0.25, 0.3) is 0 Å². The number of nitrogens with one attached hydrogen (secondary N) is 1. The lowest BCUT2D eigenvalue weighted by Gasteiger charge is -2.07. The summed E-state index contributed by atoms with van der Waals surface area (Å²) in [4.78, 5) is 0. The van der Waals surface area contributed by atoms with Gasteiger partial charge >= 0.3 is 0 Å². The Balaban J connectivity index is 2.23. The first-order chi connectivity index (χ1) is 9.08. The SMILES string of the molecule is Cl/C(=N\Nc1c(Cl)cc(Cl)cc1Cl)c1ccccc1. The summed E-state index contributed by atoms with van der Waals surface area (Å²) in [6.45, 7) is 0. The predicted molar refractivity (Wildman–Crippen MR) is 83.9 cm³/mol. The van der Waals surface area contributed by atoms with Crippen LogP contribution in [0.1, 0.15) is 5.56 Å². The second-order valence-electron chi connectivity index (χ2n) is 3.62. The number of rotatable bonds is 3. The summed E-state index contributed by atoms with van der Waals surface area (Å²) in [6.07, 6.45) is 0. The molecule has 2 aromatic carbocycles. The molecule has 0 bridgehead atoms. The Kier molecular flexibility index (Phi) is 4.94. The molecule has 0 saturated heterocycles. The van der Waals surface area contributed by atoms with Crippen molar-refractivity contribution in [2.24, 2.45) is 5.10 Å². The third-order valence-corrected chi connectivity index (χ3v) is 3.40. The zero-order valence-electron chi connectivity index (χ0n) is 9.50. The van der Waals surface area contributed by atoms with Crippen LogP contribution in [-0.2, 0) is 0 Å². The first-order valence-corrected chi connectivity index (χ1v) is 6.78. The van der Waals surface area contributed by atoms with Crippen molar-refractivity contribution in [1.29, 1.82) is 0 Å². The molecule has 0 unspecified atom stereocenters. The molecule has 0 amide bonds. The van der Waals surface area contributed by atoms with E-state index in [1.165, 1.54) is 0 Å². The van der Waals surface area contributed by atoms with E-state index in [0.717, 1.165) is 5.56 Å². The maximum absolute atomic E-state index is 6.07. The molecule has 0 fully saturated rings. The molecule has 0 aromatic heterocycles. The highest BCUT2D eigenvalue weighted by Crippen LogP contribution is 2.33. The third kappa shape index (κ3) is 3.77. The molecule has 2 nitrogen and oxygen atoms in total. The van der Waals surface area contributed by atoms with Gasteiger partial charge in [-0.15, -0.1) is 0 Å². The molecule has 0 atom stereocenters. The fourth-order valence-corrected chi connectivity index (χ4v) is 2.46. The molecule has 0 saturated carbocycles. The van der Waals surface area contributed by atoms with Crippen LogP contribution in [0.4, 0.5) is 5.69 Å². The van der Waals surface area contributed by atoms with Crippen molar-refractivity contribution in [1.82, 2.24) is 0 Å². The molecular formula is C13H8Cl4N2. The second kappa shape index (κ2) is 6.49. The van der Waals surface area contributed by atoms with Crippen molar-refractivity contribution >= 4 is 57.3 Å². The van der Waals surface area contributed by atoms with E-state index in [2.05, 4.69) is 10.5 Å². The first kappa shape index (κ1) is 14.5. The molecule has 19 heavy (non-hydrogen) atoms. The van der Waals surface area contributed by atoms with Crippen LogP contribution < -0.4 is 5.43 Å². The molecular weight excluding hydrogens is 326 g/mol. The van der Waals surface area contributed by atoms with Crippen molar-refractivity contribution in [3.63, 3.8) is 0 Å². The van der Waals surface area contributed by atoms with Gasteiger partial charge in [0, 0.05) is 10.6 Å². The van der Waals surface area contributed by atoms with E-state index in [9.17, 15) is 0 Å². The van der Waals surface area contributed by atoms with Gasteiger partial charge in [0.15, 0.2) is 5.17 Å². The van der Waals surface area contributed by atoms with Crippen LogP contribution in [0.2, 0.25) is 15.1 Å². The van der Waals surface area contributed by atoms with Crippen molar-refractivity contribution < 1.29 is 0 Å². The monoisotopic (exact) mass is 332 g/mol. The van der Waals surface area contributed by atoms with Crippen LogP contribution in [0.5, 0.6) is 0 Å². The van der Waals surface area contributed by atoms with E-state index >= 15 is 0 Å². The van der Waals surface area contributed by atoms with Crippen molar-refractivity contribution in [3.05, 3.63) is 63.1 Å². The van der Waals surface area contributed by atoms with Gasteiger partial charge in [-0.2, -0.15) is 5.10 Å². The number of hydrazone groups is 1. The van der Waals surface area contributed by atoms with Gasteiger partial charge in [0.05, 0.1) is 15.7 Å². The van der Waals surface area contributed by atoms with Crippen LogP contribution in [0, 0.1) is 0 Å². The molecule has 0 radical (unpaired) electrons. The Morgan fingerprint density at radius 1 is 0.947 bits per heavy atom. The smallest absolute Gasteiger partial charge is 0.156 e. The zero-order valence-corrected chi connectivity index (χ0v) is 12.5. The molecule has 0 aliphatic rings. The minimum absolute atomic E-state index is 0.308. The number of halogens is 4. The lowest BCUT2D eigenvalue weighted by atomic mass is 10.2. The average Bonchev–Trinajstić information content (AvgIpc) is 2.38. The van der Waals surface area contributed by atoms with Crippen molar-refractivity contribution in [2.75, 3.05) is 5.43 Å². The van der Waals surface area contributed by atoms with Crippen LogP contribution in [0.25, 0.3) is 0 Å². The average molecular weight is 334 g/mol. The van der Waals surface area contributed by atoms with E-state index in [1.54, 1.807) is 12.1 Å². The van der Waals surface area contributed by atoms with Gasteiger partial charge < -0.3 is 0 Å². The number of anilines is 1. The molecule has 0 aliphatic carbocycles. The fourth-order valence-electron chi connectivity index (χ4n) is 1.39. The Morgan fingerprint density at radius 2 is 1.53 bits per heavy atom. The molecule has 2 aromatic rings. The minimum atomic E-state index is 0.308. The van der Waals surface area contributed by atoms with Gasteiger partial charge in [-0.3, -0.25) is 5.43 Å². The van der Waals surface area contributed by atoms with Crippen LogP contribution in [0.15, 0.2) is 47.6 Å². The number of nitrogens with zero attached hydrogens (tertiary/aromatic N) is 1. The lowest BCUT2D eigenvalue weighted by Crippen LogP contribution is -1.98. The van der Waals surface area contributed by atoms with Crippen molar-refractivity contribution in [3.8, 4) is 0 Å². The fraction of sp³-hybridized carbons (Fsp3) is 0. The molecule has 1 N–H and O–H groups in total. The molecule has 0 spiro atoms. The largest absolute Gasteiger partial charge is 0.274 e. The molecule has 2 rings (SSSR count). The molecule has 0 heterocycles. The number of hydrogen-bond donors (Lipinski definition) is 1. The second-order valence-corrected chi connectivity index (χ2v) is 5.23. The minimum Gasteiger partial charge on any atom is -0.274 e. The van der Waals surface area contributed by atoms with E-state index in [0.29, 0.717) is 25.9 Å². The van der Waals surface area contributed by atoms with E-state index in [1.807, 2.05) is 30.3 Å². The van der Waals surface area contributed by atoms with Gasteiger partial charge in [0.2, 0.25) is 0 Å². The summed E-state index contributed by atoms with van der Waals surface area (Å²) in [7, 11) is 0. The predicted octanol–water partition coefficient (Wildman–Crippen LogP) is 5.66. The summed E-state index contributed by atoms with van der Waals surface area (Å²) in [6, 6.07) is 12.5. The van der Waals surface area contributed by atoms with Crippen LogP contribution in [0.3, 0.4) is 0 Å². The maximum Gasteiger partial charge on any atom is 0.156 e. The van der Waals surface area contributed by atoms with Gasteiger partial charge in [-0.05, 0) is 12.1 Å². The van der Waals surface area contributed by atoms with Crippen LogP contribution >= 0.6 is 46.4 Å². The first-order valence-electron chi connectivity index (χ1n) is 5.27. The molecule has 6 heteroatoms. The maximum atomic E-state index is 6.07. The summed E-state index contributed by atoms with van der Waals surface area (Å²) in [5.41, 5.74) is 3.99. The summed E-state index contributed by atoms with van der Waals surface area (Å²) in [5, 5.41) is 5.55. The Labute approximate surface area is 130 Å². The summed E-state index contributed by atoms with van der Waals surface area (Å²) >= 11 is 23.9. The Morgan fingerprint density at radius 3 is 2.11 bits per heavy atom. The Hall–Kier alpha value is -0.930. The summed E-state index contributed by atoms with van der Waals surface area (Å²) < 4.78 is 0. The van der Waals surface area contributed by atoms with Gasteiger partial charge in [-0.25, -0.2) is 0 Å². The number of hydrogen-bond acceptors (Lipinski definition) is 2. The molecule has 98 valence electrons. The van der Waals surface area contributed by atoms with Gasteiger partial charge in [-0.1, -0.05) is 76.7 Å². The third-order valence-electron chi connectivity index (χ3n) is 2.28. The normalized spacial score (nSPS) is 11.5. The van der Waals surface area contributed by atoms with Crippen LogP contribution in [-0.4, -0.2) is 5.17 Å². The number of benzene rings is 2. The highest BCUT2D eigenvalue weighted by atomic mass is 35.5. The standard InChI is InChI=1S/C13H8Cl4N2/c14-9-6-10(15)12(11(16)7-9)18-19-13(17)8-4-2-1-3-5-8/h1-7,18H/b19-13-. The molecule has 0 aliphatic heterocycles. The highest BCUT2D eigenvalue weighted by Gasteiger charge is 2.07. The topological polar surface area (TPSA) is 24.4 Å². The van der Waals surface area contributed by atoms with Crippen molar-refractivity contribution in [2.45, 2.75) is 0 Å². The summed E-state index contributed by atoms with van der Waals surface area (Å²) in [5.74, 6) is 0.